The lowest BCUT2D eigenvalue weighted by Crippen LogP contribution is -2.42. The number of aromatic nitrogens is 3. The molecule has 0 unspecified atom stereocenters. The van der Waals surface area contributed by atoms with Crippen LogP contribution in [-0.4, -0.2) is 30.8 Å². The third-order valence-corrected chi connectivity index (χ3v) is 3.55. The van der Waals surface area contributed by atoms with E-state index in [-0.39, 0.29) is 17.1 Å². The first kappa shape index (κ1) is 13.2. The van der Waals surface area contributed by atoms with Gasteiger partial charge in [0.2, 0.25) is 0 Å². The first-order chi connectivity index (χ1) is 9.17. The van der Waals surface area contributed by atoms with Gasteiger partial charge in [0.1, 0.15) is 16.8 Å². The van der Waals surface area contributed by atoms with Crippen molar-refractivity contribution < 1.29 is 23.4 Å². The van der Waals surface area contributed by atoms with Crippen molar-refractivity contribution in [3.8, 4) is 5.75 Å². The number of rotatable bonds is 1. The summed E-state index contributed by atoms with van der Waals surface area (Å²) in [5.41, 5.74) is -2.01. The molecular weight excluding hydrogens is 275 g/mol. The summed E-state index contributed by atoms with van der Waals surface area (Å²) in [6.45, 7) is 1.62. The molecule has 0 bridgehead atoms. The monoisotopic (exact) mass is 287 g/mol. The molecule has 1 fully saturated rings. The van der Waals surface area contributed by atoms with E-state index in [1.807, 2.05) is 0 Å². The van der Waals surface area contributed by atoms with E-state index >= 15 is 0 Å². The zero-order chi connectivity index (χ0) is 14.7. The maximum absolute atomic E-state index is 13.1. The Bertz CT molecular complexity index is 670. The summed E-state index contributed by atoms with van der Waals surface area (Å²) in [5.74, 6) is -0.502. The summed E-state index contributed by atoms with van der Waals surface area (Å²) in [5, 5.41) is 26.5. The largest absolute Gasteiger partial charge is 0.508 e. The van der Waals surface area contributed by atoms with Gasteiger partial charge in [-0.1, -0.05) is 5.21 Å². The van der Waals surface area contributed by atoms with Crippen molar-refractivity contribution in [2.75, 3.05) is 0 Å². The van der Waals surface area contributed by atoms with E-state index in [9.17, 15) is 23.4 Å². The molecule has 5 nitrogen and oxygen atoms in total. The first-order valence-electron chi connectivity index (χ1n) is 6.05. The highest BCUT2D eigenvalue weighted by Gasteiger charge is 2.43. The molecule has 2 aromatic rings. The minimum atomic E-state index is -4.61. The fraction of sp³-hybridized carbons (Fsp3) is 0.500. The molecule has 20 heavy (non-hydrogen) atoms. The van der Waals surface area contributed by atoms with Crippen molar-refractivity contribution in [2.24, 2.45) is 0 Å². The molecule has 3 rings (SSSR count). The van der Waals surface area contributed by atoms with Crippen molar-refractivity contribution in [1.29, 1.82) is 0 Å². The van der Waals surface area contributed by atoms with Crippen LogP contribution in [0.15, 0.2) is 12.1 Å². The van der Waals surface area contributed by atoms with Crippen molar-refractivity contribution in [3.63, 3.8) is 0 Å². The Kier molecular flexibility index (Phi) is 2.53. The molecule has 1 aliphatic carbocycles. The lowest BCUT2D eigenvalue weighted by molar-refractivity contribution is -0.136. The third-order valence-electron chi connectivity index (χ3n) is 3.55. The Morgan fingerprint density at radius 1 is 1.35 bits per heavy atom. The molecule has 0 atom stereocenters. The van der Waals surface area contributed by atoms with E-state index in [0.717, 1.165) is 6.07 Å². The van der Waals surface area contributed by atoms with Crippen molar-refractivity contribution >= 4 is 11.0 Å². The fourth-order valence-electron chi connectivity index (χ4n) is 2.66. The number of fused-ring (bicyclic) bond motifs is 1. The predicted octanol–water partition coefficient (Wildman–Crippen LogP) is 2.24. The van der Waals surface area contributed by atoms with Crippen LogP contribution in [0.5, 0.6) is 5.75 Å². The van der Waals surface area contributed by atoms with Crippen LogP contribution in [0.1, 0.15) is 31.4 Å². The summed E-state index contributed by atoms with van der Waals surface area (Å²) in [7, 11) is 0. The number of hydrogen-bond acceptors (Lipinski definition) is 4. The minimum absolute atomic E-state index is 0.0103. The van der Waals surface area contributed by atoms with Crippen LogP contribution in [-0.2, 0) is 6.18 Å². The quantitative estimate of drug-likeness (QED) is 0.844. The summed E-state index contributed by atoms with van der Waals surface area (Å²) >= 11 is 0. The molecule has 1 saturated carbocycles. The Hall–Kier alpha value is -1.83. The number of nitrogens with zero attached hydrogens (tertiary/aromatic N) is 3. The molecule has 1 aromatic carbocycles. The van der Waals surface area contributed by atoms with Crippen LogP contribution in [0.3, 0.4) is 0 Å². The number of alkyl halides is 3. The van der Waals surface area contributed by atoms with Gasteiger partial charge >= 0.3 is 6.18 Å². The number of aromatic hydroxyl groups is 1. The molecule has 0 amide bonds. The summed E-state index contributed by atoms with van der Waals surface area (Å²) in [4.78, 5) is 0. The van der Waals surface area contributed by atoms with Gasteiger partial charge in [-0.2, -0.15) is 13.2 Å². The second-order valence-corrected chi connectivity index (χ2v) is 5.45. The van der Waals surface area contributed by atoms with E-state index in [4.69, 9.17) is 0 Å². The predicted molar refractivity (Wildman–Crippen MR) is 63.1 cm³/mol. The van der Waals surface area contributed by atoms with E-state index < -0.39 is 23.1 Å². The topological polar surface area (TPSA) is 71.2 Å². The van der Waals surface area contributed by atoms with Gasteiger partial charge in [-0.05, 0) is 25.8 Å². The average Bonchev–Trinajstić information content (AvgIpc) is 2.66. The van der Waals surface area contributed by atoms with Gasteiger partial charge in [0, 0.05) is 6.07 Å². The van der Waals surface area contributed by atoms with Crippen LogP contribution < -0.4 is 0 Å². The van der Waals surface area contributed by atoms with Crippen LogP contribution >= 0.6 is 0 Å². The van der Waals surface area contributed by atoms with Crippen molar-refractivity contribution in [3.05, 3.63) is 17.7 Å². The van der Waals surface area contributed by atoms with Gasteiger partial charge in [-0.25, -0.2) is 4.68 Å². The number of halogens is 3. The van der Waals surface area contributed by atoms with Crippen LogP contribution in [0.4, 0.5) is 13.2 Å². The molecule has 0 radical (unpaired) electrons. The highest BCUT2D eigenvalue weighted by atomic mass is 19.4. The molecule has 2 N–H and O–H groups in total. The molecule has 1 aliphatic rings. The summed E-state index contributed by atoms with van der Waals surface area (Å²) < 4.78 is 40.4. The first-order valence-corrected chi connectivity index (χ1v) is 6.05. The summed E-state index contributed by atoms with van der Waals surface area (Å²) in [6, 6.07) is 1.49. The molecular formula is C12H12F3N3O2. The van der Waals surface area contributed by atoms with Crippen LogP contribution in [0, 0.1) is 0 Å². The molecule has 8 heteroatoms. The highest BCUT2D eigenvalue weighted by Crippen LogP contribution is 2.44. The number of phenolic OH excluding ortho intramolecular Hbond substituents is 1. The Balaban J connectivity index is 2.16. The Morgan fingerprint density at radius 3 is 2.55 bits per heavy atom. The third kappa shape index (κ3) is 2.00. The normalized spacial score (nSPS) is 26.8. The van der Waals surface area contributed by atoms with Gasteiger partial charge in [-0.3, -0.25) is 0 Å². The number of hydrogen-bond donors (Lipinski definition) is 2. The van der Waals surface area contributed by atoms with Gasteiger partial charge < -0.3 is 10.2 Å². The minimum Gasteiger partial charge on any atom is -0.508 e. The van der Waals surface area contributed by atoms with Gasteiger partial charge in [0.05, 0.1) is 17.2 Å². The van der Waals surface area contributed by atoms with Gasteiger partial charge in [-0.15, -0.1) is 5.10 Å². The second kappa shape index (κ2) is 3.85. The summed E-state index contributed by atoms with van der Waals surface area (Å²) in [6.07, 6.45) is -3.96. The van der Waals surface area contributed by atoms with Crippen molar-refractivity contribution in [2.45, 2.75) is 37.6 Å². The molecule has 1 aromatic heterocycles. The Morgan fingerprint density at radius 2 is 2.00 bits per heavy atom. The Labute approximate surface area is 111 Å². The maximum atomic E-state index is 13.1. The highest BCUT2D eigenvalue weighted by molar-refractivity contribution is 5.80. The fourth-order valence-corrected chi connectivity index (χ4v) is 2.66. The smallest absolute Gasteiger partial charge is 0.418 e. The molecule has 0 saturated heterocycles. The van der Waals surface area contributed by atoms with Crippen LogP contribution in [0.25, 0.3) is 11.0 Å². The molecule has 0 aliphatic heterocycles. The SMILES string of the molecule is C[C@]1(O)C[C@@H](n2nnc3cc(O)cc(C(F)(F)F)c32)C1. The lowest BCUT2D eigenvalue weighted by Gasteiger charge is -2.40. The number of phenols is 1. The number of benzene rings is 1. The maximum Gasteiger partial charge on any atom is 0.418 e. The second-order valence-electron chi connectivity index (χ2n) is 5.45. The van der Waals surface area contributed by atoms with Gasteiger partial charge in [0.15, 0.2) is 0 Å². The lowest BCUT2D eigenvalue weighted by atomic mass is 9.77. The van der Waals surface area contributed by atoms with Crippen molar-refractivity contribution in [1.82, 2.24) is 15.0 Å². The van der Waals surface area contributed by atoms with Crippen LogP contribution in [0.2, 0.25) is 0 Å². The number of aliphatic hydroxyl groups is 1. The average molecular weight is 287 g/mol. The van der Waals surface area contributed by atoms with E-state index in [2.05, 4.69) is 10.3 Å². The van der Waals surface area contributed by atoms with Gasteiger partial charge in [0.25, 0.3) is 0 Å². The van der Waals surface area contributed by atoms with E-state index in [1.165, 1.54) is 4.68 Å². The standard InChI is InChI=1S/C12H12F3N3O2/c1-11(20)4-6(5-11)18-10-8(12(13,14)15)2-7(19)3-9(10)16-17-18/h2-3,6,19-20H,4-5H2,1H3/t6-,11+. The van der Waals surface area contributed by atoms with E-state index in [1.54, 1.807) is 6.92 Å². The zero-order valence-corrected chi connectivity index (χ0v) is 10.5. The molecule has 108 valence electrons. The van der Waals surface area contributed by atoms with E-state index in [0.29, 0.717) is 18.9 Å². The zero-order valence-electron chi connectivity index (χ0n) is 10.5. The molecule has 0 spiro atoms. The molecule has 1 heterocycles.